The smallest absolute Gasteiger partial charge is 0.294 e. The van der Waals surface area contributed by atoms with Gasteiger partial charge in [0.05, 0.1) is 0 Å². The van der Waals surface area contributed by atoms with Crippen LogP contribution < -0.4 is 0 Å². The molecule has 0 heterocycles. The second-order valence-electron chi connectivity index (χ2n) is 2.87. The van der Waals surface area contributed by atoms with Gasteiger partial charge in [-0.2, -0.15) is 0 Å². The van der Waals surface area contributed by atoms with Gasteiger partial charge in [0.15, 0.2) is 0 Å². The molecule has 0 N–H and O–H groups in total. The van der Waals surface area contributed by atoms with Crippen LogP contribution in [0, 0.1) is 10.1 Å². The minimum atomic E-state index is -0.583. The number of rotatable bonds is 6. The van der Waals surface area contributed by atoms with Gasteiger partial charge in [-0.1, -0.05) is 13.8 Å². The Morgan fingerprint density at radius 3 is 2.08 bits per heavy atom. The third-order valence-electron chi connectivity index (χ3n) is 1.60. The Bertz CT molecular complexity index is 176. The zero-order valence-corrected chi connectivity index (χ0v) is 8.15. The van der Waals surface area contributed by atoms with E-state index in [2.05, 4.69) is 0 Å². The molecule has 1 amide bonds. The molecule has 0 radical (unpaired) electrons. The monoisotopic (exact) mass is 188 g/mol. The van der Waals surface area contributed by atoms with Crippen molar-refractivity contribution < 1.29 is 9.72 Å². The third-order valence-corrected chi connectivity index (χ3v) is 1.60. The van der Waals surface area contributed by atoms with Crippen LogP contribution in [0.2, 0.25) is 0 Å². The highest BCUT2D eigenvalue weighted by Gasteiger charge is 2.16. The molecule has 0 bridgehead atoms. The summed E-state index contributed by atoms with van der Waals surface area (Å²) >= 11 is 0. The van der Waals surface area contributed by atoms with E-state index in [-0.39, 0.29) is 5.91 Å². The fraction of sp³-hybridized carbons (Fsp3) is 0.875. The maximum absolute atomic E-state index is 11.2. The zero-order valence-electron chi connectivity index (χ0n) is 8.15. The van der Waals surface area contributed by atoms with Gasteiger partial charge in [-0.15, -0.1) is 0 Å². The summed E-state index contributed by atoms with van der Waals surface area (Å²) in [6.07, 6.45) is 1.67. The second kappa shape index (κ2) is 6.39. The minimum Gasteiger partial charge on any atom is -0.337 e. The van der Waals surface area contributed by atoms with E-state index in [0.717, 1.165) is 12.8 Å². The van der Waals surface area contributed by atoms with Crippen LogP contribution in [-0.4, -0.2) is 35.4 Å². The largest absolute Gasteiger partial charge is 0.337 e. The summed E-state index contributed by atoms with van der Waals surface area (Å²) in [5.74, 6) is -0.381. The first kappa shape index (κ1) is 11.9. The van der Waals surface area contributed by atoms with E-state index in [9.17, 15) is 14.9 Å². The molecular formula is C8H16N2O3. The fourth-order valence-electron chi connectivity index (χ4n) is 1.11. The van der Waals surface area contributed by atoms with Crippen molar-refractivity contribution in [3.05, 3.63) is 10.1 Å². The Kier molecular flexibility index (Phi) is 5.84. The second-order valence-corrected chi connectivity index (χ2v) is 2.87. The SMILES string of the molecule is CCCN(CCC)C(=O)C[N+](=O)[O-]. The third kappa shape index (κ3) is 5.16. The van der Waals surface area contributed by atoms with E-state index in [1.165, 1.54) is 0 Å². The van der Waals surface area contributed by atoms with E-state index in [1.807, 2.05) is 13.8 Å². The number of nitro groups is 1. The van der Waals surface area contributed by atoms with Crippen LogP contribution in [-0.2, 0) is 4.79 Å². The zero-order chi connectivity index (χ0) is 10.3. The highest BCUT2D eigenvalue weighted by molar-refractivity contribution is 5.77. The summed E-state index contributed by atoms with van der Waals surface area (Å²) in [5, 5.41) is 10.1. The minimum absolute atomic E-state index is 0.381. The van der Waals surface area contributed by atoms with Gasteiger partial charge in [0, 0.05) is 18.0 Å². The van der Waals surface area contributed by atoms with Gasteiger partial charge in [0.2, 0.25) is 0 Å². The molecule has 76 valence electrons. The molecule has 5 heteroatoms. The van der Waals surface area contributed by atoms with Crippen LogP contribution in [0.1, 0.15) is 26.7 Å². The van der Waals surface area contributed by atoms with Crippen molar-refractivity contribution in [3.63, 3.8) is 0 Å². The first-order valence-electron chi connectivity index (χ1n) is 4.51. The van der Waals surface area contributed by atoms with Crippen molar-refractivity contribution >= 4 is 5.91 Å². The molecule has 0 aliphatic heterocycles. The summed E-state index contributed by atoms with van der Waals surface area (Å²) in [6, 6.07) is 0. The van der Waals surface area contributed by atoms with Gasteiger partial charge < -0.3 is 4.90 Å². The van der Waals surface area contributed by atoms with Crippen LogP contribution in [0.15, 0.2) is 0 Å². The molecule has 0 aliphatic carbocycles. The van der Waals surface area contributed by atoms with Crippen LogP contribution >= 0.6 is 0 Å². The van der Waals surface area contributed by atoms with E-state index >= 15 is 0 Å². The highest BCUT2D eigenvalue weighted by Crippen LogP contribution is 1.95. The van der Waals surface area contributed by atoms with Gasteiger partial charge in [-0.05, 0) is 12.8 Å². The molecule has 0 aromatic carbocycles. The molecule has 0 atom stereocenters. The Morgan fingerprint density at radius 2 is 1.77 bits per heavy atom. The molecule has 0 aromatic rings. The number of carbonyl (C=O) groups excluding carboxylic acids is 1. The van der Waals surface area contributed by atoms with Crippen molar-refractivity contribution in [1.29, 1.82) is 0 Å². The van der Waals surface area contributed by atoms with Gasteiger partial charge >= 0.3 is 0 Å². The van der Waals surface area contributed by atoms with Crippen molar-refractivity contribution in [2.75, 3.05) is 19.6 Å². The molecule has 0 aromatic heterocycles. The molecule has 0 fully saturated rings. The summed E-state index contributed by atoms with van der Waals surface area (Å²) in [4.78, 5) is 22.3. The molecule has 0 unspecified atom stereocenters. The van der Waals surface area contributed by atoms with Gasteiger partial charge in [0.1, 0.15) is 0 Å². The Hall–Kier alpha value is -1.13. The number of amides is 1. The lowest BCUT2D eigenvalue weighted by atomic mass is 10.3. The van der Waals surface area contributed by atoms with E-state index in [0.29, 0.717) is 13.1 Å². The highest BCUT2D eigenvalue weighted by atomic mass is 16.6. The number of hydrogen-bond acceptors (Lipinski definition) is 3. The first-order valence-corrected chi connectivity index (χ1v) is 4.51. The number of carbonyl (C=O) groups is 1. The fourth-order valence-corrected chi connectivity index (χ4v) is 1.11. The summed E-state index contributed by atoms with van der Waals surface area (Å²) in [6.45, 7) is 4.53. The Balaban J connectivity index is 4.02. The van der Waals surface area contributed by atoms with Crippen LogP contribution in [0.4, 0.5) is 0 Å². The van der Waals surface area contributed by atoms with Crippen molar-refractivity contribution in [3.8, 4) is 0 Å². The maximum Gasteiger partial charge on any atom is 0.294 e. The van der Waals surface area contributed by atoms with Crippen molar-refractivity contribution in [1.82, 2.24) is 4.90 Å². The van der Waals surface area contributed by atoms with E-state index < -0.39 is 11.5 Å². The van der Waals surface area contributed by atoms with Gasteiger partial charge in [-0.25, -0.2) is 0 Å². The average Bonchev–Trinajstić information content (AvgIpc) is 2.02. The number of hydrogen-bond donors (Lipinski definition) is 0. The van der Waals surface area contributed by atoms with E-state index in [4.69, 9.17) is 0 Å². The molecule has 0 saturated carbocycles. The number of nitrogens with zero attached hydrogens (tertiary/aromatic N) is 2. The summed E-state index contributed by atoms with van der Waals surface area (Å²) in [5.41, 5.74) is 0. The Labute approximate surface area is 77.9 Å². The predicted molar refractivity (Wildman–Crippen MR) is 49.0 cm³/mol. The van der Waals surface area contributed by atoms with Crippen molar-refractivity contribution in [2.45, 2.75) is 26.7 Å². The Morgan fingerprint density at radius 1 is 1.31 bits per heavy atom. The molecule has 0 spiro atoms. The predicted octanol–water partition coefficient (Wildman–Crippen LogP) is 0.912. The lowest BCUT2D eigenvalue weighted by Gasteiger charge is -2.18. The lowest BCUT2D eigenvalue weighted by molar-refractivity contribution is -0.468. The molecule has 0 aliphatic rings. The lowest BCUT2D eigenvalue weighted by Crippen LogP contribution is -2.36. The average molecular weight is 188 g/mol. The topological polar surface area (TPSA) is 63.5 Å². The standard InChI is InChI=1S/C8H16N2O3/c1-3-5-9(6-4-2)8(11)7-10(12)13/h3-7H2,1-2H3. The molecule has 5 nitrogen and oxygen atoms in total. The van der Waals surface area contributed by atoms with Crippen LogP contribution in [0.3, 0.4) is 0 Å². The normalized spacial score (nSPS) is 9.69. The molecule has 13 heavy (non-hydrogen) atoms. The van der Waals surface area contributed by atoms with E-state index in [1.54, 1.807) is 4.90 Å². The molecular weight excluding hydrogens is 172 g/mol. The quantitative estimate of drug-likeness (QED) is 0.459. The first-order chi connectivity index (χ1) is 6.11. The van der Waals surface area contributed by atoms with Gasteiger partial charge in [-0.3, -0.25) is 14.9 Å². The molecule has 0 saturated heterocycles. The van der Waals surface area contributed by atoms with Crippen LogP contribution in [0.25, 0.3) is 0 Å². The molecule has 0 rings (SSSR count). The van der Waals surface area contributed by atoms with Gasteiger partial charge in [0.25, 0.3) is 12.5 Å². The maximum atomic E-state index is 11.2. The summed E-state index contributed by atoms with van der Waals surface area (Å²) < 4.78 is 0. The van der Waals surface area contributed by atoms with Crippen molar-refractivity contribution in [2.24, 2.45) is 0 Å². The van der Waals surface area contributed by atoms with Crippen LogP contribution in [0.5, 0.6) is 0 Å². The summed E-state index contributed by atoms with van der Waals surface area (Å²) in [7, 11) is 0.